The van der Waals surface area contributed by atoms with Crippen molar-refractivity contribution in [3.63, 3.8) is 0 Å². The zero-order valence-corrected chi connectivity index (χ0v) is 8.66. The van der Waals surface area contributed by atoms with Crippen LogP contribution in [0.4, 0.5) is 0 Å². The van der Waals surface area contributed by atoms with Gasteiger partial charge in [0.25, 0.3) is 0 Å². The maximum atomic E-state index is 9.25. The van der Waals surface area contributed by atoms with Crippen LogP contribution in [0.15, 0.2) is 4.52 Å². The van der Waals surface area contributed by atoms with E-state index in [4.69, 9.17) is 4.52 Å². The molecule has 1 aromatic heterocycles. The molecule has 80 valence electrons. The molecule has 0 amide bonds. The molecule has 0 spiro atoms. The molecule has 0 aliphatic heterocycles. The van der Waals surface area contributed by atoms with Crippen molar-refractivity contribution < 1.29 is 9.63 Å². The summed E-state index contributed by atoms with van der Waals surface area (Å²) in [7, 11) is 0. The van der Waals surface area contributed by atoms with Crippen LogP contribution in [0.1, 0.15) is 25.1 Å². The first-order valence-electron chi connectivity index (χ1n) is 4.90. The number of hydrogen-bond donors (Lipinski definition) is 2. The van der Waals surface area contributed by atoms with Gasteiger partial charge in [0.1, 0.15) is 0 Å². The minimum atomic E-state index is -0.262. The van der Waals surface area contributed by atoms with Crippen LogP contribution < -0.4 is 5.32 Å². The molecule has 2 N–H and O–H groups in total. The average Bonchev–Trinajstić information content (AvgIpc) is 2.58. The van der Waals surface area contributed by atoms with Crippen LogP contribution in [0.3, 0.4) is 0 Å². The number of hydrogen-bond acceptors (Lipinski definition) is 5. The van der Waals surface area contributed by atoms with Gasteiger partial charge in [-0.1, -0.05) is 12.1 Å². The first kappa shape index (κ1) is 11.1. The molecule has 0 aliphatic rings. The Bertz CT molecular complexity index is 262. The summed E-state index contributed by atoms with van der Waals surface area (Å²) in [4.78, 5) is 4.07. The number of aryl methyl sites for hydroxylation is 1. The molecule has 1 atom stereocenters. The molecule has 5 nitrogen and oxygen atoms in total. The molecule has 1 unspecified atom stereocenters. The van der Waals surface area contributed by atoms with Gasteiger partial charge in [0.2, 0.25) is 5.89 Å². The molecule has 0 fully saturated rings. The lowest BCUT2D eigenvalue weighted by atomic mass is 10.3. The number of rotatable bonds is 6. The Balaban J connectivity index is 2.10. The molecule has 14 heavy (non-hydrogen) atoms. The van der Waals surface area contributed by atoms with E-state index in [1.807, 2.05) is 6.92 Å². The zero-order chi connectivity index (χ0) is 10.4. The van der Waals surface area contributed by atoms with E-state index in [0.29, 0.717) is 18.3 Å². The molecule has 1 rings (SSSR count). The Labute approximate surface area is 83.5 Å². The number of aliphatic hydroxyl groups excluding tert-OH is 1. The van der Waals surface area contributed by atoms with Gasteiger partial charge in [-0.05, 0) is 6.42 Å². The second-order valence-electron chi connectivity index (χ2n) is 3.25. The first-order chi connectivity index (χ1) is 6.72. The van der Waals surface area contributed by atoms with Crippen LogP contribution in [-0.4, -0.2) is 34.4 Å². The zero-order valence-electron chi connectivity index (χ0n) is 8.66. The molecule has 0 aliphatic carbocycles. The number of nitrogens with one attached hydrogen (secondary N) is 1. The minimum absolute atomic E-state index is 0.262. The number of aromatic nitrogens is 2. The van der Waals surface area contributed by atoms with Crippen molar-refractivity contribution in [2.24, 2.45) is 0 Å². The van der Waals surface area contributed by atoms with Gasteiger partial charge < -0.3 is 14.9 Å². The van der Waals surface area contributed by atoms with Crippen molar-refractivity contribution in [2.75, 3.05) is 13.1 Å². The quantitative estimate of drug-likeness (QED) is 0.644. The first-order valence-corrected chi connectivity index (χ1v) is 4.90. The Hall–Kier alpha value is -0.940. The van der Waals surface area contributed by atoms with Crippen LogP contribution in [0, 0.1) is 6.92 Å². The van der Waals surface area contributed by atoms with E-state index in [1.165, 1.54) is 0 Å². The van der Waals surface area contributed by atoms with Crippen LogP contribution in [0.25, 0.3) is 0 Å². The molecule has 1 heterocycles. The second-order valence-corrected chi connectivity index (χ2v) is 3.25. The summed E-state index contributed by atoms with van der Waals surface area (Å²) in [5.74, 6) is 1.30. The van der Waals surface area contributed by atoms with Crippen molar-refractivity contribution >= 4 is 0 Å². The molecular formula is C9H17N3O2. The summed E-state index contributed by atoms with van der Waals surface area (Å²) in [6.45, 7) is 5.10. The van der Waals surface area contributed by atoms with E-state index in [0.717, 1.165) is 19.4 Å². The monoisotopic (exact) mass is 199 g/mol. The Morgan fingerprint density at radius 1 is 1.57 bits per heavy atom. The molecule has 0 aromatic carbocycles. The summed E-state index contributed by atoms with van der Waals surface area (Å²) in [5, 5.41) is 16.1. The summed E-state index contributed by atoms with van der Waals surface area (Å²) < 4.78 is 4.83. The fourth-order valence-electron chi connectivity index (χ4n) is 1.06. The predicted molar refractivity (Wildman–Crippen MR) is 51.9 cm³/mol. The maximum Gasteiger partial charge on any atom is 0.223 e. The highest BCUT2D eigenvalue weighted by molar-refractivity contribution is 4.84. The third-order valence-electron chi connectivity index (χ3n) is 1.95. The van der Waals surface area contributed by atoms with Crippen LogP contribution in [0.2, 0.25) is 0 Å². The van der Waals surface area contributed by atoms with E-state index in [1.54, 1.807) is 6.92 Å². The molecule has 0 bridgehead atoms. The summed E-state index contributed by atoms with van der Waals surface area (Å²) in [6, 6.07) is 0. The van der Waals surface area contributed by atoms with E-state index < -0.39 is 0 Å². The van der Waals surface area contributed by atoms with Crippen molar-refractivity contribution in [2.45, 2.75) is 32.8 Å². The van der Waals surface area contributed by atoms with Crippen LogP contribution in [0.5, 0.6) is 0 Å². The highest BCUT2D eigenvalue weighted by Gasteiger charge is 2.02. The van der Waals surface area contributed by atoms with Crippen LogP contribution in [-0.2, 0) is 6.42 Å². The lowest BCUT2D eigenvalue weighted by molar-refractivity contribution is 0.167. The van der Waals surface area contributed by atoms with Gasteiger partial charge in [-0.25, -0.2) is 0 Å². The summed E-state index contributed by atoms with van der Waals surface area (Å²) in [5.41, 5.74) is 0. The van der Waals surface area contributed by atoms with E-state index >= 15 is 0 Å². The Kier molecular flexibility index (Phi) is 4.55. The van der Waals surface area contributed by atoms with Gasteiger partial charge in [0.05, 0.1) is 6.10 Å². The van der Waals surface area contributed by atoms with Crippen molar-refractivity contribution in [1.29, 1.82) is 0 Å². The Morgan fingerprint density at radius 3 is 2.93 bits per heavy atom. The maximum absolute atomic E-state index is 9.25. The average molecular weight is 199 g/mol. The molecule has 0 saturated heterocycles. The van der Waals surface area contributed by atoms with Gasteiger partial charge in [0, 0.05) is 26.4 Å². The summed E-state index contributed by atoms with van der Waals surface area (Å²) >= 11 is 0. The highest BCUT2D eigenvalue weighted by atomic mass is 16.5. The standard InChI is InChI=1S/C9H17N3O2/c1-3-8(13)6-10-5-4-9-11-7(2)14-12-9/h8,10,13H,3-6H2,1-2H3. The molecule has 0 saturated carbocycles. The lowest BCUT2D eigenvalue weighted by Gasteiger charge is -2.07. The fraction of sp³-hybridized carbons (Fsp3) is 0.778. The smallest absolute Gasteiger partial charge is 0.223 e. The number of nitrogens with zero attached hydrogens (tertiary/aromatic N) is 2. The molecular weight excluding hydrogens is 182 g/mol. The minimum Gasteiger partial charge on any atom is -0.392 e. The molecule has 1 aromatic rings. The number of aliphatic hydroxyl groups is 1. The topological polar surface area (TPSA) is 71.2 Å². The van der Waals surface area contributed by atoms with Gasteiger partial charge in [0.15, 0.2) is 5.82 Å². The third kappa shape index (κ3) is 3.85. The normalized spacial score (nSPS) is 13.1. The van der Waals surface area contributed by atoms with E-state index in [2.05, 4.69) is 15.5 Å². The predicted octanol–water partition coefficient (Wildman–Crippen LogP) is 0.281. The van der Waals surface area contributed by atoms with Gasteiger partial charge in [-0.3, -0.25) is 0 Å². The van der Waals surface area contributed by atoms with Gasteiger partial charge >= 0.3 is 0 Å². The van der Waals surface area contributed by atoms with E-state index in [-0.39, 0.29) is 6.10 Å². The second kappa shape index (κ2) is 5.72. The molecule has 0 radical (unpaired) electrons. The third-order valence-corrected chi connectivity index (χ3v) is 1.95. The van der Waals surface area contributed by atoms with Gasteiger partial charge in [-0.15, -0.1) is 0 Å². The van der Waals surface area contributed by atoms with E-state index in [9.17, 15) is 5.11 Å². The van der Waals surface area contributed by atoms with Crippen molar-refractivity contribution in [3.8, 4) is 0 Å². The fourth-order valence-corrected chi connectivity index (χ4v) is 1.06. The lowest BCUT2D eigenvalue weighted by Crippen LogP contribution is -2.28. The van der Waals surface area contributed by atoms with Crippen molar-refractivity contribution in [3.05, 3.63) is 11.7 Å². The SMILES string of the molecule is CCC(O)CNCCc1noc(C)n1. The largest absolute Gasteiger partial charge is 0.392 e. The Morgan fingerprint density at radius 2 is 2.36 bits per heavy atom. The van der Waals surface area contributed by atoms with Gasteiger partial charge in [-0.2, -0.15) is 4.98 Å². The highest BCUT2D eigenvalue weighted by Crippen LogP contribution is 1.94. The summed E-state index contributed by atoms with van der Waals surface area (Å²) in [6.07, 6.45) is 1.24. The van der Waals surface area contributed by atoms with Crippen molar-refractivity contribution in [1.82, 2.24) is 15.5 Å². The van der Waals surface area contributed by atoms with Crippen LogP contribution >= 0.6 is 0 Å². The molecule has 5 heteroatoms.